The van der Waals surface area contributed by atoms with E-state index in [9.17, 15) is 21.6 Å². The minimum Gasteiger partial charge on any atom is -0.481 e. The molecular weight excluding hydrogens is 334 g/mol. The lowest BCUT2D eigenvalue weighted by molar-refractivity contribution is -0.135. The molecule has 2 rings (SSSR count). The van der Waals surface area contributed by atoms with Crippen molar-refractivity contribution in [3.8, 4) is 0 Å². The van der Waals surface area contributed by atoms with Crippen LogP contribution in [0, 0.1) is 0 Å². The van der Waals surface area contributed by atoms with Crippen molar-refractivity contribution in [2.45, 2.75) is 17.9 Å². The summed E-state index contributed by atoms with van der Waals surface area (Å²) in [7, 11) is -7.43. The topological polar surface area (TPSA) is 142 Å². The van der Waals surface area contributed by atoms with E-state index in [1.54, 1.807) is 0 Å². The van der Waals surface area contributed by atoms with E-state index in [0.29, 0.717) is 5.56 Å². The molecule has 1 heterocycles. The van der Waals surface area contributed by atoms with Gasteiger partial charge < -0.3 is 10.4 Å². The maximum atomic E-state index is 12.1. The molecule has 0 radical (unpaired) electrons. The van der Waals surface area contributed by atoms with E-state index >= 15 is 0 Å². The first-order valence-corrected chi connectivity index (χ1v) is 9.30. The van der Waals surface area contributed by atoms with Crippen molar-refractivity contribution in [2.24, 2.45) is 4.40 Å². The van der Waals surface area contributed by atoms with E-state index in [1.165, 1.54) is 18.2 Å². The number of carboxylic acid groups (broad SMARTS) is 1. The van der Waals surface area contributed by atoms with Crippen molar-refractivity contribution in [3.05, 3.63) is 23.8 Å². The molecule has 1 aliphatic rings. The van der Waals surface area contributed by atoms with E-state index < -0.39 is 32.4 Å². The number of hydrogen-bond donors (Lipinski definition) is 3. The van der Waals surface area contributed by atoms with Crippen LogP contribution in [0.3, 0.4) is 0 Å². The smallest absolute Gasteiger partial charge is 0.311 e. The number of amidine groups is 1. The Bertz CT molecular complexity index is 858. The Morgan fingerprint density at radius 1 is 1.41 bits per heavy atom. The predicted molar refractivity (Wildman–Crippen MR) is 78.6 cm³/mol. The Hall–Kier alpha value is -1.98. The van der Waals surface area contributed by atoms with Gasteiger partial charge in [-0.05, 0) is 17.7 Å². The van der Waals surface area contributed by atoms with E-state index in [4.69, 9.17) is 5.11 Å². The monoisotopic (exact) mass is 347 g/mol. The molecule has 0 spiro atoms. The van der Waals surface area contributed by atoms with E-state index in [2.05, 4.69) is 14.4 Å². The van der Waals surface area contributed by atoms with Gasteiger partial charge in [0.1, 0.15) is 17.2 Å². The summed E-state index contributed by atoms with van der Waals surface area (Å²) in [6.07, 6.45) is 0.447. The Morgan fingerprint density at radius 3 is 2.68 bits per heavy atom. The average molecular weight is 347 g/mol. The molecule has 1 aliphatic heterocycles. The van der Waals surface area contributed by atoms with Crippen molar-refractivity contribution in [1.29, 1.82) is 0 Å². The van der Waals surface area contributed by atoms with Crippen LogP contribution in [0.1, 0.15) is 12.0 Å². The van der Waals surface area contributed by atoms with Crippen molar-refractivity contribution in [1.82, 2.24) is 4.72 Å². The minimum absolute atomic E-state index is 0.0622. The van der Waals surface area contributed by atoms with E-state index in [-0.39, 0.29) is 23.0 Å². The lowest BCUT2D eigenvalue weighted by atomic mass is 10.2. The number of aliphatic carboxylic acids is 1. The lowest BCUT2D eigenvalue weighted by Gasteiger charge is -2.18. The SMILES string of the molecule is CS(=O)(=O)NCc1ccc2c(c1)S(=O)(=O)N=C(CC(=O)O)N2. The molecule has 22 heavy (non-hydrogen) atoms. The van der Waals surface area contributed by atoms with Gasteiger partial charge in [-0.15, -0.1) is 4.40 Å². The molecule has 0 saturated carbocycles. The Morgan fingerprint density at radius 2 is 2.09 bits per heavy atom. The fourth-order valence-electron chi connectivity index (χ4n) is 1.80. The maximum absolute atomic E-state index is 12.1. The van der Waals surface area contributed by atoms with E-state index in [1.807, 2.05) is 0 Å². The number of rotatable bonds is 5. The summed E-state index contributed by atoms with van der Waals surface area (Å²) < 4.78 is 51.9. The third-order valence-corrected chi connectivity index (χ3v) is 4.71. The predicted octanol–water partition coefficient (Wildman–Crippen LogP) is -0.277. The zero-order valence-corrected chi connectivity index (χ0v) is 13.0. The highest BCUT2D eigenvalue weighted by Crippen LogP contribution is 2.28. The van der Waals surface area contributed by atoms with Crippen LogP contribution in [-0.2, 0) is 31.4 Å². The van der Waals surface area contributed by atoms with Gasteiger partial charge in [-0.1, -0.05) is 6.07 Å². The average Bonchev–Trinajstić information content (AvgIpc) is 2.34. The van der Waals surface area contributed by atoms with Crippen molar-refractivity contribution in [2.75, 3.05) is 11.6 Å². The maximum Gasteiger partial charge on any atom is 0.311 e. The summed E-state index contributed by atoms with van der Waals surface area (Å²) in [6, 6.07) is 4.25. The summed E-state index contributed by atoms with van der Waals surface area (Å²) in [5.74, 6) is -1.39. The fraction of sp³-hybridized carbons (Fsp3) is 0.273. The Kier molecular flexibility index (Phi) is 4.22. The molecule has 0 bridgehead atoms. The first-order valence-electron chi connectivity index (χ1n) is 5.97. The van der Waals surface area contributed by atoms with Crippen LogP contribution in [0.25, 0.3) is 0 Å². The third kappa shape index (κ3) is 4.02. The number of anilines is 1. The van der Waals surface area contributed by atoms with Crippen molar-refractivity contribution >= 4 is 37.5 Å². The number of nitrogens with one attached hydrogen (secondary N) is 2. The molecule has 0 aromatic heterocycles. The molecule has 11 heteroatoms. The summed E-state index contributed by atoms with van der Waals surface area (Å²) in [6.45, 7) is -0.0622. The first kappa shape index (κ1) is 16.4. The largest absolute Gasteiger partial charge is 0.481 e. The van der Waals surface area contributed by atoms with Crippen LogP contribution in [-0.4, -0.2) is 40.0 Å². The number of carboxylic acids is 1. The Balaban J connectivity index is 2.33. The minimum atomic E-state index is -4.03. The van der Waals surface area contributed by atoms with Gasteiger partial charge in [-0.25, -0.2) is 13.1 Å². The van der Waals surface area contributed by atoms with Gasteiger partial charge in [0.2, 0.25) is 10.0 Å². The van der Waals surface area contributed by atoms with Crippen LogP contribution in [0.5, 0.6) is 0 Å². The van der Waals surface area contributed by atoms with Gasteiger partial charge in [-0.2, -0.15) is 8.42 Å². The molecule has 0 aliphatic carbocycles. The summed E-state index contributed by atoms with van der Waals surface area (Å²) >= 11 is 0. The molecule has 9 nitrogen and oxygen atoms in total. The second kappa shape index (κ2) is 5.66. The molecule has 120 valence electrons. The van der Waals surface area contributed by atoms with Crippen molar-refractivity contribution < 1.29 is 26.7 Å². The number of fused-ring (bicyclic) bond motifs is 1. The molecule has 0 saturated heterocycles. The fourth-order valence-corrected chi connectivity index (χ4v) is 3.42. The van der Waals surface area contributed by atoms with Crippen molar-refractivity contribution in [3.63, 3.8) is 0 Å². The molecule has 0 amide bonds. The van der Waals surface area contributed by atoms with Crippen LogP contribution in [0.2, 0.25) is 0 Å². The summed E-state index contributed by atoms with van der Waals surface area (Å²) in [5, 5.41) is 11.3. The molecule has 0 unspecified atom stereocenters. The molecule has 0 atom stereocenters. The first-order chi connectivity index (χ1) is 10.1. The summed E-state index contributed by atoms with van der Waals surface area (Å²) in [4.78, 5) is 10.5. The number of sulfonamides is 2. The number of hydrogen-bond acceptors (Lipinski definition) is 6. The molecule has 3 N–H and O–H groups in total. The van der Waals surface area contributed by atoms with Gasteiger partial charge in [-0.3, -0.25) is 4.79 Å². The lowest BCUT2D eigenvalue weighted by Crippen LogP contribution is -2.25. The number of carbonyl (C=O) groups is 1. The summed E-state index contributed by atoms with van der Waals surface area (Å²) in [5.41, 5.74) is 0.640. The highest BCUT2D eigenvalue weighted by molar-refractivity contribution is 7.90. The van der Waals surface area contributed by atoms with Gasteiger partial charge in [0.05, 0.1) is 11.9 Å². The standard InChI is InChI=1S/C11H13N3O6S2/c1-21(17,18)12-6-7-2-3-8-9(4-7)22(19,20)14-10(13-8)5-11(15)16/h2-4,12H,5-6H2,1H3,(H,13,14)(H,15,16). The normalized spacial score (nSPS) is 16.3. The zero-order valence-electron chi connectivity index (χ0n) is 11.4. The van der Waals surface area contributed by atoms with Gasteiger partial charge >= 0.3 is 5.97 Å². The highest BCUT2D eigenvalue weighted by Gasteiger charge is 2.26. The van der Waals surface area contributed by atoms with Gasteiger partial charge in [0.15, 0.2) is 0 Å². The molecule has 1 aromatic carbocycles. The second-order valence-electron chi connectivity index (χ2n) is 4.63. The van der Waals surface area contributed by atoms with Crippen LogP contribution in [0.4, 0.5) is 5.69 Å². The third-order valence-electron chi connectivity index (χ3n) is 2.69. The van der Waals surface area contributed by atoms with Crippen LogP contribution < -0.4 is 10.0 Å². The van der Waals surface area contributed by atoms with Gasteiger partial charge in [0.25, 0.3) is 10.0 Å². The molecular formula is C11H13N3O6S2. The van der Waals surface area contributed by atoms with E-state index in [0.717, 1.165) is 6.26 Å². The number of nitrogens with zero attached hydrogens (tertiary/aromatic N) is 1. The molecule has 1 aromatic rings. The quantitative estimate of drug-likeness (QED) is 0.665. The zero-order chi connectivity index (χ0) is 16.5. The van der Waals surface area contributed by atoms with Crippen LogP contribution >= 0.6 is 0 Å². The van der Waals surface area contributed by atoms with Gasteiger partial charge in [0, 0.05) is 6.54 Å². The highest BCUT2D eigenvalue weighted by atomic mass is 32.2. The number of benzene rings is 1. The van der Waals surface area contributed by atoms with Crippen LogP contribution in [0.15, 0.2) is 27.5 Å². The molecule has 0 fully saturated rings. The Labute approximate surface area is 127 Å². The second-order valence-corrected chi connectivity index (χ2v) is 8.04.